The highest BCUT2D eigenvalue weighted by Crippen LogP contribution is 2.41. The molecule has 0 heterocycles. The highest BCUT2D eigenvalue weighted by atomic mass is 15.1. The lowest BCUT2D eigenvalue weighted by Crippen LogP contribution is -2.17. The van der Waals surface area contributed by atoms with Gasteiger partial charge in [0.15, 0.2) is 0 Å². The van der Waals surface area contributed by atoms with E-state index in [-0.39, 0.29) is 5.92 Å². The van der Waals surface area contributed by atoms with Crippen LogP contribution in [0.25, 0.3) is 27.1 Å². The summed E-state index contributed by atoms with van der Waals surface area (Å²) >= 11 is 0. The van der Waals surface area contributed by atoms with Crippen LogP contribution in [0.3, 0.4) is 0 Å². The van der Waals surface area contributed by atoms with Gasteiger partial charge in [-0.25, -0.2) is 0 Å². The maximum Gasteiger partial charge on any atom is 0.0468 e. The van der Waals surface area contributed by atoms with Crippen molar-refractivity contribution in [2.75, 3.05) is 9.80 Å². The SMILES string of the molecule is C1=CC2C=C(c3ccc(N(c4ccccc4)c4ccc5ccccc5c4)cc3)C=C2C=C1N(c1ccccc1)c1ccc2ccccc2c1. The lowest BCUT2D eigenvalue weighted by atomic mass is 9.95. The van der Waals surface area contributed by atoms with Crippen LogP contribution in [0, 0.1) is 5.92 Å². The van der Waals surface area contributed by atoms with Gasteiger partial charge in [0.1, 0.15) is 0 Å². The molecule has 0 aliphatic heterocycles. The molecular formula is C47H34N2. The van der Waals surface area contributed by atoms with Gasteiger partial charge in [-0.1, -0.05) is 127 Å². The normalized spacial score (nSPS) is 15.0. The van der Waals surface area contributed by atoms with Crippen molar-refractivity contribution in [1.29, 1.82) is 0 Å². The molecule has 7 aromatic rings. The third-order valence-corrected chi connectivity index (χ3v) is 9.58. The largest absolute Gasteiger partial charge is 0.310 e. The third kappa shape index (κ3) is 5.54. The number of hydrogen-bond acceptors (Lipinski definition) is 2. The maximum atomic E-state index is 2.38. The monoisotopic (exact) mass is 626 g/mol. The summed E-state index contributed by atoms with van der Waals surface area (Å²) in [7, 11) is 0. The second-order valence-corrected chi connectivity index (χ2v) is 12.7. The average molecular weight is 627 g/mol. The van der Waals surface area contributed by atoms with Gasteiger partial charge < -0.3 is 9.80 Å². The second-order valence-electron chi connectivity index (χ2n) is 12.7. The van der Waals surface area contributed by atoms with Crippen molar-refractivity contribution in [3.05, 3.63) is 217 Å². The summed E-state index contributed by atoms with van der Waals surface area (Å²) in [5, 5.41) is 4.95. The quantitative estimate of drug-likeness (QED) is 0.174. The summed E-state index contributed by atoms with van der Waals surface area (Å²) in [5.74, 6) is 0.256. The van der Waals surface area contributed by atoms with E-state index in [0.29, 0.717) is 0 Å². The smallest absolute Gasteiger partial charge is 0.0468 e. The average Bonchev–Trinajstić information content (AvgIpc) is 3.60. The summed E-state index contributed by atoms with van der Waals surface area (Å²) in [4.78, 5) is 4.69. The Morgan fingerprint density at radius 1 is 0.388 bits per heavy atom. The molecule has 2 heteroatoms. The van der Waals surface area contributed by atoms with Crippen LogP contribution < -0.4 is 9.80 Å². The summed E-state index contributed by atoms with van der Waals surface area (Å²) < 4.78 is 0. The maximum absolute atomic E-state index is 2.38. The predicted octanol–water partition coefficient (Wildman–Crippen LogP) is 12.7. The number of fused-ring (bicyclic) bond motifs is 3. The first-order valence-electron chi connectivity index (χ1n) is 16.9. The lowest BCUT2D eigenvalue weighted by Gasteiger charge is -2.29. The molecule has 1 atom stereocenters. The summed E-state index contributed by atoms with van der Waals surface area (Å²) in [5.41, 5.74) is 10.6. The molecule has 7 aromatic carbocycles. The molecule has 2 aliphatic carbocycles. The topological polar surface area (TPSA) is 6.48 Å². The Morgan fingerprint density at radius 3 is 1.49 bits per heavy atom. The van der Waals surface area contributed by atoms with Crippen LogP contribution in [0.2, 0.25) is 0 Å². The van der Waals surface area contributed by atoms with Gasteiger partial charge in [0.25, 0.3) is 0 Å². The Labute approximate surface area is 287 Å². The van der Waals surface area contributed by atoms with Crippen LogP contribution >= 0.6 is 0 Å². The fourth-order valence-corrected chi connectivity index (χ4v) is 7.14. The first kappa shape index (κ1) is 28.8. The standard InChI is InChI=1S/C47H34N2/c1-3-15-42(16-4-1)48(45-26-21-34-11-7-9-13-37(34)31-45)44-24-19-36(20-25-44)40-29-39-23-28-47(33-41(39)30-40)49(43-17-5-2-6-18-43)46-27-22-35-12-8-10-14-38(35)32-46/h1-33,39H. The van der Waals surface area contributed by atoms with Crippen molar-refractivity contribution in [3.63, 3.8) is 0 Å². The van der Waals surface area contributed by atoms with E-state index in [1.54, 1.807) is 0 Å². The number of hydrogen-bond donors (Lipinski definition) is 0. The van der Waals surface area contributed by atoms with Crippen LogP contribution in [0.4, 0.5) is 28.4 Å². The molecule has 0 fully saturated rings. The Hall–Kier alpha value is -6.38. The van der Waals surface area contributed by atoms with Crippen molar-refractivity contribution in [2.24, 2.45) is 5.92 Å². The van der Waals surface area contributed by atoms with Gasteiger partial charge in [0.2, 0.25) is 0 Å². The van der Waals surface area contributed by atoms with Gasteiger partial charge >= 0.3 is 0 Å². The molecule has 0 spiro atoms. The molecule has 1 unspecified atom stereocenters. The molecule has 9 rings (SSSR count). The van der Waals surface area contributed by atoms with Gasteiger partial charge in [0, 0.05) is 40.1 Å². The van der Waals surface area contributed by atoms with Crippen molar-refractivity contribution >= 4 is 55.6 Å². The minimum Gasteiger partial charge on any atom is -0.310 e. The first-order chi connectivity index (χ1) is 24.3. The molecular weight excluding hydrogens is 593 g/mol. The van der Waals surface area contributed by atoms with Gasteiger partial charge in [-0.2, -0.15) is 0 Å². The molecule has 0 saturated carbocycles. The predicted molar refractivity (Wildman–Crippen MR) is 208 cm³/mol. The Kier molecular flexibility index (Phi) is 7.25. The van der Waals surface area contributed by atoms with E-state index in [0.717, 1.165) is 34.1 Å². The van der Waals surface area contributed by atoms with Crippen LogP contribution in [0.5, 0.6) is 0 Å². The summed E-state index contributed by atoms with van der Waals surface area (Å²) in [6.07, 6.45) is 11.7. The van der Waals surface area contributed by atoms with Gasteiger partial charge in [-0.3, -0.25) is 0 Å². The molecule has 0 aromatic heterocycles. The minimum atomic E-state index is 0.256. The number of anilines is 5. The van der Waals surface area contributed by atoms with Crippen LogP contribution in [0.15, 0.2) is 212 Å². The van der Waals surface area contributed by atoms with Crippen LogP contribution in [-0.2, 0) is 0 Å². The van der Waals surface area contributed by atoms with E-state index in [1.807, 2.05) is 0 Å². The third-order valence-electron chi connectivity index (χ3n) is 9.58. The fourth-order valence-electron chi connectivity index (χ4n) is 7.14. The summed E-state index contributed by atoms with van der Waals surface area (Å²) in [6.45, 7) is 0. The van der Waals surface area contributed by atoms with E-state index in [9.17, 15) is 0 Å². The highest BCUT2D eigenvalue weighted by Gasteiger charge is 2.23. The first-order valence-corrected chi connectivity index (χ1v) is 16.9. The molecule has 2 nitrogen and oxygen atoms in total. The lowest BCUT2D eigenvalue weighted by molar-refractivity contribution is 0.995. The van der Waals surface area contributed by atoms with E-state index in [1.165, 1.54) is 38.3 Å². The second kappa shape index (κ2) is 12.3. The van der Waals surface area contributed by atoms with Crippen molar-refractivity contribution in [1.82, 2.24) is 0 Å². The molecule has 49 heavy (non-hydrogen) atoms. The Bertz CT molecular complexity index is 2430. The van der Waals surface area contributed by atoms with Crippen molar-refractivity contribution in [2.45, 2.75) is 0 Å². The molecule has 0 radical (unpaired) electrons. The van der Waals surface area contributed by atoms with Crippen molar-refractivity contribution < 1.29 is 0 Å². The van der Waals surface area contributed by atoms with E-state index in [2.05, 4.69) is 210 Å². The van der Waals surface area contributed by atoms with E-state index in [4.69, 9.17) is 0 Å². The Morgan fingerprint density at radius 2 is 0.878 bits per heavy atom. The Balaban J connectivity index is 1.04. The van der Waals surface area contributed by atoms with Crippen molar-refractivity contribution in [3.8, 4) is 0 Å². The van der Waals surface area contributed by atoms with Gasteiger partial charge in [0.05, 0.1) is 0 Å². The zero-order valence-electron chi connectivity index (χ0n) is 27.0. The zero-order chi connectivity index (χ0) is 32.6. The van der Waals surface area contributed by atoms with Crippen LogP contribution in [-0.4, -0.2) is 0 Å². The van der Waals surface area contributed by atoms with Gasteiger partial charge in [-0.05, 0) is 111 Å². The summed E-state index contributed by atoms with van der Waals surface area (Å²) in [6, 6.07) is 60.8. The number of benzene rings is 7. The number of allylic oxidation sites excluding steroid dienone is 7. The van der Waals surface area contributed by atoms with Crippen LogP contribution in [0.1, 0.15) is 5.56 Å². The van der Waals surface area contributed by atoms with Gasteiger partial charge in [-0.15, -0.1) is 0 Å². The fraction of sp³-hybridized carbons (Fsp3) is 0.0213. The molecule has 0 saturated heterocycles. The highest BCUT2D eigenvalue weighted by molar-refractivity contribution is 5.91. The zero-order valence-corrected chi connectivity index (χ0v) is 27.0. The number of nitrogens with zero attached hydrogens (tertiary/aromatic N) is 2. The number of para-hydroxylation sites is 2. The minimum absolute atomic E-state index is 0.256. The molecule has 232 valence electrons. The molecule has 0 amide bonds. The van der Waals surface area contributed by atoms with E-state index < -0.39 is 0 Å². The van der Waals surface area contributed by atoms with E-state index >= 15 is 0 Å². The number of rotatable bonds is 7. The molecule has 0 bridgehead atoms. The molecule has 0 N–H and O–H groups in total. The molecule has 2 aliphatic rings.